The molecular weight excluding hydrogens is 258 g/mol. The van der Waals surface area contributed by atoms with Crippen LogP contribution in [0.2, 0.25) is 0 Å². The summed E-state index contributed by atoms with van der Waals surface area (Å²) < 4.78 is 7.50. The van der Waals surface area contributed by atoms with E-state index < -0.39 is 0 Å². The summed E-state index contributed by atoms with van der Waals surface area (Å²) in [6.45, 7) is 6.67. The molecule has 0 aromatic carbocycles. The van der Waals surface area contributed by atoms with Crippen LogP contribution in [0.4, 0.5) is 5.95 Å². The zero-order valence-corrected chi connectivity index (χ0v) is 12.3. The normalized spacial score (nSPS) is 12.5. The summed E-state index contributed by atoms with van der Waals surface area (Å²) in [5, 5.41) is 5.48. The van der Waals surface area contributed by atoms with Gasteiger partial charge in [0.15, 0.2) is 0 Å². The maximum atomic E-state index is 5.32. The van der Waals surface area contributed by atoms with E-state index in [9.17, 15) is 0 Å². The molecule has 19 heavy (non-hydrogen) atoms. The molecule has 0 fully saturated rings. The highest BCUT2D eigenvalue weighted by atomic mass is 32.1. The van der Waals surface area contributed by atoms with E-state index in [0.29, 0.717) is 6.04 Å². The van der Waals surface area contributed by atoms with Crippen molar-refractivity contribution in [3.63, 3.8) is 0 Å². The average molecular weight is 279 g/mol. The Labute approximate surface area is 118 Å². The third kappa shape index (κ3) is 3.81. The van der Waals surface area contributed by atoms with E-state index in [1.165, 1.54) is 4.88 Å². The smallest absolute Gasteiger partial charge is 0.203 e. The number of nitrogens with zero attached hydrogens (tertiary/aromatic N) is 2. The second-order valence-electron chi connectivity index (χ2n) is 4.33. The van der Waals surface area contributed by atoms with Crippen LogP contribution in [0.1, 0.15) is 31.2 Å². The van der Waals surface area contributed by atoms with Gasteiger partial charge < -0.3 is 14.6 Å². The van der Waals surface area contributed by atoms with Gasteiger partial charge in [0.1, 0.15) is 0 Å². The van der Waals surface area contributed by atoms with Gasteiger partial charge in [0.05, 0.1) is 6.04 Å². The molecule has 2 aromatic rings. The molecule has 1 N–H and O–H groups in total. The number of thiophene rings is 1. The number of hydrogen-bond acceptors (Lipinski definition) is 4. The first-order chi connectivity index (χ1) is 9.33. The molecule has 0 aliphatic carbocycles. The highest BCUT2D eigenvalue weighted by Crippen LogP contribution is 2.25. The van der Waals surface area contributed by atoms with Crippen molar-refractivity contribution < 1.29 is 4.74 Å². The summed E-state index contributed by atoms with van der Waals surface area (Å²) in [6.07, 6.45) is 4.86. The van der Waals surface area contributed by atoms with Crippen molar-refractivity contribution in [2.75, 3.05) is 25.1 Å². The van der Waals surface area contributed by atoms with E-state index in [1.807, 2.05) is 19.3 Å². The molecular formula is C14H21N3OS. The van der Waals surface area contributed by atoms with Gasteiger partial charge in [0.2, 0.25) is 5.95 Å². The number of ether oxygens (including phenoxy) is 1. The Morgan fingerprint density at radius 1 is 1.53 bits per heavy atom. The molecule has 2 aromatic heterocycles. The predicted molar refractivity (Wildman–Crippen MR) is 80.0 cm³/mol. The first-order valence-corrected chi connectivity index (χ1v) is 7.58. The van der Waals surface area contributed by atoms with E-state index in [1.54, 1.807) is 11.3 Å². The lowest BCUT2D eigenvalue weighted by Gasteiger charge is -2.15. The van der Waals surface area contributed by atoms with Crippen LogP contribution in [0.25, 0.3) is 0 Å². The number of nitrogens with one attached hydrogen (secondary N) is 1. The van der Waals surface area contributed by atoms with Gasteiger partial charge in [-0.1, -0.05) is 6.07 Å². The summed E-state index contributed by atoms with van der Waals surface area (Å²) in [5.74, 6) is 0.928. The summed E-state index contributed by atoms with van der Waals surface area (Å²) in [7, 11) is 0. The van der Waals surface area contributed by atoms with Gasteiger partial charge in [-0.05, 0) is 31.7 Å². The van der Waals surface area contributed by atoms with Gasteiger partial charge in [0, 0.05) is 37.0 Å². The highest BCUT2D eigenvalue weighted by Gasteiger charge is 2.12. The Hall–Kier alpha value is -1.33. The molecule has 0 aliphatic heterocycles. The fourth-order valence-electron chi connectivity index (χ4n) is 1.95. The largest absolute Gasteiger partial charge is 0.382 e. The molecule has 0 saturated carbocycles. The maximum Gasteiger partial charge on any atom is 0.203 e. The van der Waals surface area contributed by atoms with Crippen LogP contribution in [0.5, 0.6) is 0 Å². The van der Waals surface area contributed by atoms with Crippen molar-refractivity contribution in [3.8, 4) is 0 Å². The number of imidazole rings is 1. The van der Waals surface area contributed by atoms with Crippen molar-refractivity contribution in [1.29, 1.82) is 0 Å². The zero-order chi connectivity index (χ0) is 13.5. The van der Waals surface area contributed by atoms with Crippen LogP contribution < -0.4 is 5.32 Å². The molecule has 104 valence electrons. The van der Waals surface area contributed by atoms with Crippen molar-refractivity contribution in [2.24, 2.45) is 0 Å². The monoisotopic (exact) mass is 279 g/mol. The standard InChI is InChI=1S/C14H21N3OS/c1-3-18-10-5-7-15-14-16-8-9-17(14)12(2)13-6-4-11-19-13/h4,6,8-9,11-12H,3,5,7,10H2,1-2H3,(H,15,16). The molecule has 0 amide bonds. The molecule has 2 rings (SSSR count). The van der Waals surface area contributed by atoms with E-state index in [4.69, 9.17) is 4.74 Å². The third-order valence-electron chi connectivity index (χ3n) is 2.99. The van der Waals surface area contributed by atoms with Gasteiger partial charge in [-0.25, -0.2) is 4.98 Å². The van der Waals surface area contributed by atoms with Gasteiger partial charge in [-0.2, -0.15) is 0 Å². The number of rotatable bonds is 8. The van der Waals surface area contributed by atoms with Crippen molar-refractivity contribution >= 4 is 17.3 Å². The van der Waals surface area contributed by atoms with Crippen LogP contribution >= 0.6 is 11.3 Å². The van der Waals surface area contributed by atoms with Gasteiger partial charge in [-0.15, -0.1) is 11.3 Å². The minimum atomic E-state index is 0.317. The molecule has 0 radical (unpaired) electrons. The average Bonchev–Trinajstić information content (AvgIpc) is 3.09. The second-order valence-corrected chi connectivity index (χ2v) is 5.31. The SMILES string of the molecule is CCOCCCNc1nccn1C(C)c1cccs1. The first-order valence-electron chi connectivity index (χ1n) is 6.70. The molecule has 0 saturated heterocycles. The molecule has 0 bridgehead atoms. The van der Waals surface area contributed by atoms with Crippen LogP contribution in [0.3, 0.4) is 0 Å². The molecule has 5 heteroatoms. The van der Waals surface area contributed by atoms with E-state index >= 15 is 0 Å². The van der Waals surface area contributed by atoms with E-state index in [-0.39, 0.29) is 0 Å². The highest BCUT2D eigenvalue weighted by molar-refractivity contribution is 7.10. The lowest BCUT2D eigenvalue weighted by molar-refractivity contribution is 0.147. The fourth-order valence-corrected chi connectivity index (χ4v) is 2.73. The minimum absolute atomic E-state index is 0.317. The van der Waals surface area contributed by atoms with Gasteiger partial charge in [-0.3, -0.25) is 0 Å². The number of anilines is 1. The summed E-state index contributed by atoms with van der Waals surface area (Å²) in [5.41, 5.74) is 0. The lowest BCUT2D eigenvalue weighted by atomic mass is 10.3. The Kier molecular flexibility index (Phi) is 5.42. The summed E-state index contributed by atoms with van der Waals surface area (Å²) in [6, 6.07) is 4.56. The first kappa shape index (κ1) is 14.1. The number of hydrogen-bond donors (Lipinski definition) is 1. The summed E-state index contributed by atoms with van der Waals surface area (Å²) in [4.78, 5) is 5.72. The molecule has 0 spiro atoms. The zero-order valence-electron chi connectivity index (χ0n) is 11.5. The Balaban J connectivity index is 1.90. The fraction of sp³-hybridized carbons (Fsp3) is 0.500. The molecule has 1 unspecified atom stereocenters. The third-order valence-corrected chi connectivity index (χ3v) is 4.04. The quantitative estimate of drug-likeness (QED) is 0.753. The van der Waals surface area contributed by atoms with Crippen molar-refractivity contribution in [1.82, 2.24) is 9.55 Å². The van der Waals surface area contributed by atoms with Gasteiger partial charge in [0.25, 0.3) is 0 Å². The van der Waals surface area contributed by atoms with Crippen molar-refractivity contribution in [2.45, 2.75) is 26.3 Å². The topological polar surface area (TPSA) is 39.1 Å². The van der Waals surface area contributed by atoms with E-state index in [2.05, 4.69) is 39.3 Å². The van der Waals surface area contributed by atoms with Crippen LogP contribution in [-0.4, -0.2) is 29.3 Å². The maximum absolute atomic E-state index is 5.32. The lowest BCUT2D eigenvalue weighted by Crippen LogP contribution is -2.13. The molecule has 4 nitrogen and oxygen atoms in total. The van der Waals surface area contributed by atoms with Gasteiger partial charge >= 0.3 is 0 Å². The summed E-state index contributed by atoms with van der Waals surface area (Å²) >= 11 is 1.78. The molecule has 0 aliphatic rings. The minimum Gasteiger partial charge on any atom is -0.382 e. The van der Waals surface area contributed by atoms with Crippen molar-refractivity contribution in [3.05, 3.63) is 34.8 Å². The van der Waals surface area contributed by atoms with Crippen LogP contribution in [0, 0.1) is 0 Å². The number of aromatic nitrogens is 2. The molecule has 1 atom stereocenters. The second kappa shape index (κ2) is 7.31. The predicted octanol–water partition coefficient (Wildman–Crippen LogP) is 3.39. The van der Waals surface area contributed by atoms with Crippen LogP contribution in [-0.2, 0) is 4.74 Å². The Bertz CT molecular complexity index is 467. The van der Waals surface area contributed by atoms with E-state index in [0.717, 1.165) is 32.1 Å². The molecule has 2 heterocycles. The van der Waals surface area contributed by atoms with Crippen LogP contribution in [0.15, 0.2) is 29.9 Å². The Morgan fingerprint density at radius 2 is 2.42 bits per heavy atom. The Morgan fingerprint density at radius 3 is 3.16 bits per heavy atom.